The maximum Gasteiger partial charge on any atom is 0.276 e. The Bertz CT molecular complexity index is 1010. The van der Waals surface area contributed by atoms with E-state index in [1.807, 2.05) is 6.07 Å². The molecule has 1 aliphatic rings. The second-order valence-corrected chi connectivity index (χ2v) is 8.57. The first-order chi connectivity index (χ1) is 15.1. The summed E-state index contributed by atoms with van der Waals surface area (Å²) in [7, 11) is 0. The first kappa shape index (κ1) is 21.4. The second-order valence-electron chi connectivity index (χ2n) is 7.53. The van der Waals surface area contributed by atoms with Crippen molar-refractivity contribution in [1.29, 1.82) is 0 Å². The van der Waals surface area contributed by atoms with Gasteiger partial charge in [0.1, 0.15) is 6.04 Å². The van der Waals surface area contributed by atoms with Gasteiger partial charge in [-0.25, -0.2) is 0 Å². The molecule has 1 aliphatic carbocycles. The van der Waals surface area contributed by atoms with Gasteiger partial charge in [0.25, 0.3) is 5.91 Å². The largest absolute Gasteiger partial charge is 0.351 e. The number of rotatable bonds is 7. The number of amides is 2. The van der Waals surface area contributed by atoms with Crippen LogP contribution in [0.2, 0.25) is 5.02 Å². The number of hydrogen-bond acceptors (Lipinski definition) is 6. The Morgan fingerprint density at radius 2 is 1.97 bits per heavy atom. The standard InChI is InChI=1S/C22H22ClN5O2S/c23-17-9-7-16(8-10-17)20(21(29)25-18-5-1-2-6-18)28(13-15-4-3-11-24-12-15)22(30)19-14-31-27-26-19/h3-4,7-12,14,18,20H,1-2,5-6,13H2,(H,25,29). The first-order valence-electron chi connectivity index (χ1n) is 10.1. The smallest absolute Gasteiger partial charge is 0.276 e. The normalized spacial score (nSPS) is 14.9. The predicted molar refractivity (Wildman–Crippen MR) is 119 cm³/mol. The Labute approximate surface area is 189 Å². The van der Waals surface area contributed by atoms with Crippen LogP contribution < -0.4 is 5.32 Å². The Balaban J connectivity index is 1.72. The molecule has 1 saturated carbocycles. The highest BCUT2D eigenvalue weighted by Crippen LogP contribution is 2.28. The van der Waals surface area contributed by atoms with E-state index in [0.29, 0.717) is 10.6 Å². The van der Waals surface area contributed by atoms with Crippen LogP contribution in [0.1, 0.15) is 53.3 Å². The monoisotopic (exact) mass is 455 g/mol. The van der Waals surface area contributed by atoms with E-state index in [2.05, 4.69) is 19.9 Å². The van der Waals surface area contributed by atoms with Crippen LogP contribution in [0.25, 0.3) is 0 Å². The molecule has 0 aliphatic heterocycles. The molecule has 0 radical (unpaired) electrons. The fourth-order valence-corrected chi connectivity index (χ4v) is 4.40. The number of halogens is 1. The molecule has 9 heteroatoms. The van der Waals surface area contributed by atoms with Crippen LogP contribution in [-0.2, 0) is 11.3 Å². The fraction of sp³-hybridized carbons (Fsp3) is 0.318. The summed E-state index contributed by atoms with van der Waals surface area (Å²) in [5.74, 6) is -0.575. The van der Waals surface area contributed by atoms with Crippen LogP contribution in [-0.4, -0.2) is 37.3 Å². The lowest BCUT2D eigenvalue weighted by Crippen LogP contribution is -2.46. The molecule has 2 amide bonds. The quantitative estimate of drug-likeness (QED) is 0.581. The molecule has 1 N–H and O–H groups in total. The van der Waals surface area contributed by atoms with Crippen LogP contribution in [0.3, 0.4) is 0 Å². The molecule has 7 nitrogen and oxygen atoms in total. The van der Waals surface area contributed by atoms with Crippen molar-refractivity contribution in [3.8, 4) is 0 Å². The number of aromatic nitrogens is 3. The third kappa shape index (κ3) is 5.26. The summed E-state index contributed by atoms with van der Waals surface area (Å²) in [5, 5.41) is 9.24. The molecule has 160 valence electrons. The predicted octanol–water partition coefficient (Wildman–Crippen LogP) is 4.03. The molecule has 1 fully saturated rings. The second kappa shape index (κ2) is 9.98. The highest BCUT2D eigenvalue weighted by atomic mass is 35.5. The fourth-order valence-electron chi connectivity index (χ4n) is 3.84. The molecule has 3 aromatic rings. The number of carbonyl (C=O) groups excluding carboxylic acids is 2. The van der Waals surface area contributed by atoms with Gasteiger partial charge in [0.15, 0.2) is 5.69 Å². The maximum absolute atomic E-state index is 13.5. The summed E-state index contributed by atoms with van der Waals surface area (Å²) >= 11 is 7.18. The Hall–Kier alpha value is -2.84. The van der Waals surface area contributed by atoms with Crippen molar-refractivity contribution in [3.05, 3.63) is 76.0 Å². The van der Waals surface area contributed by atoms with E-state index in [1.54, 1.807) is 48.1 Å². The Morgan fingerprint density at radius 3 is 2.61 bits per heavy atom. The minimum atomic E-state index is -0.840. The van der Waals surface area contributed by atoms with E-state index in [9.17, 15) is 9.59 Å². The summed E-state index contributed by atoms with van der Waals surface area (Å²) in [6.07, 6.45) is 7.45. The summed E-state index contributed by atoms with van der Waals surface area (Å²) in [5.41, 5.74) is 1.70. The van der Waals surface area contributed by atoms with Gasteiger partial charge in [0.2, 0.25) is 5.91 Å². The molecule has 0 spiro atoms. The van der Waals surface area contributed by atoms with Crippen molar-refractivity contribution in [1.82, 2.24) is 24.8 Å². The lowest BCUT2D eigenvalue weighted by Gasteiger charge is -2.31. The van der Waals surface area contributed by atoms with Gasteiger partial charge < -0.3 is 10.2 Å². The minimum absolute atomic E-state index is 0.124. The maximum atomic E-state index is 13.5. The SMILES string of the molecule is O=C(NC1CCCC1)C(c1ccc(Cl)cc1)N(Cc1cccnc1)C(=O)c1csnn1. The summed E-state index contributed by atoms with van der Waals surface area (Å²) in [4.78, 5) is 32.6. The van der Waals surface area contributed by atoms with Gasteiger partial charge in [-0.05, 0) is 53.7 Å². The third-order valence-electron chi connectivity index (χ3n) is 5.36. The van der Waals surface area contributed by atoms with Crippen LogP contribution in [0.5, 0.6) is 0 Å². The molecule has 31 heavy (non-hydrogen) atoms. The van der Waals surface area contributed by atoms with Crippen molar-refractivity contribution >= 4 is 34.9 Å². The van der Waals surface area contributed by atoms with Gasteiger partial charge in [-0.15, -0.1) is 5.10 Å². The molecule has 0 bridgehead atoms. The number of carbonyl (C=O) groups is 2. The Morgan fingerprint density at radius 1 is 1.19 bits per heavy atom. The van der Waals surface area contributed by atoms with E-state index in [1.165, 1.54) is 4.90 Å². The zero-order chi connectivity index (χ0) is 21.6. The van der Waals surface area contributed by atoms with Crippen molar-refractivity contribution < 1.29 is 9.59 Å². The van der Waals surface area contributed by atoms with E-state index in [0.717, 1.165) is 42.8 Å². The van der Waals surface area contributed by atoms with Gasteiger partial charge in [-0.1, -0.05) is 47.1 Å². The molecule has 4 rings (SSSR count). The van der Waals surface area contributed by atoms with E-state index in [-0.39, 0.29) is 30.1 Å². The lowest BCUT2D eigenvalue weighted by atomic mass is 10.0. The van der Waals surface area contributed by atoms with E-state index in [4.69, 9.17) is 11.6 Å². The van der Waals surface area contributed by atoms with Crippen molar-refractivity contribution in [2.75, 3.05) is 0 Å². The molecule has 0 saturated heterocycles. The van der Waals surface area contributed by atoms with Crippen LogP contribution in [0, 0.1) is 0 Å². The third-order valence-corrected chi connectivity index (χ3v) is 6.12. The molecule has 1 unspecified atom stereocenters. The van der Waals surface area contributed by atoms with Crippen molar-refractivity contribution in [3.63, 3.8) is 0 Å². The number of benzene rings is 1. The van der Waals surface area contributed by atoms with Crippen LogP contribution >= 0.6 is 23.1 Å². The topological polar surface area (TPSA) is 88.1 Å². The zero-order valence-corrected chi connectivity index (χ0v) is 18.4. The first-order valence-corrected chi connectivity index (χ1v) is 11.4. The highest BCUT2D eigenvalue weighted by molar-refractivity contribution is 7.03. The molecule has 1 atom stereocenters. The van der Waals surface area contributed by atoms with Crippen molar-refractivity contribution in [2.24, 2.45) is 0 Å². The molecule has 1 aromatic carbocycles. The van der Waals surface area contributed by atoms with Crippen LogP contribution in [0.4, 0.5) is 0 Å². The molecular weight excluding hydrogens is 434 g/mol. The minimum Gasteiger partial charge on any atom is -0.351 e. The average Bonchev–Trinajstić information content (AvgIpc) is 3.49. The van der Waals surface area contributed by atoms with Crippen LogP contribution in [0.15, 0.2) is 54.2 Å². The van der Waals surface area contributed by atoms with E-state index >= 15 is 0 Å². The summed E-state index contributed by atoms with van der Waals surface area (Å²) in [6.45, 7) is 0.204. The summed E-state index contributed by atoms with van der Waals surface area (Å²) < 4.78 is 3.82. The zero-order valence-electron chi connectivity index (χ0n) is 16.8. The van der Waals surface area contributed by atoms with Gasteiger partial charge in [0, 0.05) is 35.4 Å². The van der Waals surface area contributed by atoms with Crippen molar-refractivity contribution in [2.45, 2.75) is 44.3 Å². The molecule has 2 aromatic heterocycles. The highest BCUT2D eigenvalue weighted by Gasteiger charge is 2.34. The molecular formula is C22H22ClN5O2S. The number of nitrogens with zero attached hydrogens (tertiary/aromatic N) is 4. The summed E-state index contributed by atoms with van der Waals surface area (Å²) in [6, 6.07) is 9.98. The molecule has 2 heterocycles. The average molecular weight is 456 g/mol. The Kier molecular flexibility index (Phi) is 6.89. The lowest BCUT2D eigenvalue weighted by molar-refractivity contribution is -0.126. The number of nitrogens with one attached hydrogen (secondary N) is 1. The van der Waals surface area contributed by atoms with Gasteiger partial charge in [-0.3, -0.25) is 14.6 Å². The van der Waals surface area contributed by atoms with Gasteiger partial charge in [-0.2, -0.15) is 0 Å². The van der Waals surface area contributed by atoms with Gasteiger partial charge in [0.05, 0.1) is 0 Å². The van der Waals surface area contributed by atoms with E-state index < -0.39 is 6.04 Å². The number of hydrogen-bond donors (Lipinski definition) is 1. The number of pyridine rings is 1. The van der Waals surface area contributed by atoms with Gasteiger partial charge >= 0.3 is 0 Å².